The van der Waals surface area contributed by atoms with Crippen molar-refractivity contribution in [3.8, 4) is 0 Å². The van der Waals surface area contributed by atoms with Gasteiger partial charge in [0.05, 0.1) is 7.11 Å². The zero-order valence-electron chi connectivity index (χ0n) is 18.9. The fourth-order valence-electron chi connectivity index (χ4n) is 5.48. The maximum atomic E-state index is 13.1. The molecule has 1 saturated heterocycles. The molecule has 1 aliphatic heterocycles. The number of rotatable bonds is 2. The lowest BCUT2D eigenvalue weighted by molar-refractivity contribution is -0.146. The molecule has 1 aromatic carbocycles. The number of amides is 1. The molecule has 29 heavy (non-hydrogen) atoms. The summed E-state index contributed by atoms with van der Waals surface area (Å²) in [6, 6.07) is 3.94. The molecule has 1 amide bonds. The van der Waals surface area contributed by atoms with Crippen molar-refractivity contribution in [1.29, 1.82) is 0 Å². The average molecular weight is 402 g/mol. The van der Waals surface area contributed by atoms with Crippen molar-refractivity contribution in [3.05, 3.63) is 34.4 Å². The van der Waals surface area contributed by atoms with Crippen molar-refractivity contribution in [2.45, 2.75) is 90.8 Å². The predicted molar refractivity (Wildman–Crippen MR) is 113 cm³/mol. The van der Waals surface area contributed by atoms with Gasteiger partial charge in [-0.25, -0.2) is 9.59 Å². The maximum Gasteiger partial charge on any atom is 0.411 e. The van der Waals surface area contributed by atoms with Gasteiger partial charge in [0, 0.05) is 6.04 Å². The second-order valence-corrected chi connectivity index (χ2v) is 9.81. The first-order valence-electron chi connectivity index (χ1n) is 10.7. The fourth-order valence-corrected chi connectivity index (χ4v) is 5.48. The minimum atomic E-state index is -0.603. The molecule has 1 saturated carbocycles. The lowest BCUT2D eigenvalue weighted by Gasteiger charge is -2.38. The van der Waals surface area contributed by atoms with Crippen LogP contribution in [0.25, 0.3) is 0 Å². The molecule has 2 aliphatic rings. The number of hydrogen-bond donors (Lipinski definition) is 0. The molecule has 5 heteroatoms. The van der Waals surface area contributed by atoms with Crippen molar-refractivity contribution in [3.63, 3.8) is 0 Å². The Morgan fingerprint density at radius 2 is 1.66 bits per heavy atom. The van der Waals surface area contributed by atoms with Gasteiger partial charge in [0.1, 0.15) is 11.6 Å². The predicted octanol–water partition coefficient (Wildman–Crippen LogP) is 5.05. The van der Waals surface area contributed by atoms with Crippen molar-refractivity contribution < 1.29 is 19.1 Å². The molecule has 0 bridgehead atoms. The molecule has 0 aromatic heterocycles. The summed E-state index contributed by atoms with van der Waals surface area (Å²) in [4.78, 5) is 27.2. The zero-order chi connectivity index (χ0) is 21.5. The van der Waals surface area contributed by atoms with Crippen LogP contribution in [0.1, 0.15) is 74.6 Å². The topological polar surface area (TPSA) is 55.8 Å². The van der Waals surface area contributed by atoms with Crippen LogP contribution in [-0.4, -0.2) is 41.8 Å². The zero-order valence-corrected chi connectivity index (χ0v) is 18.9. The molecule has 0 radical (unpaired) electrons. The van der Waals surface area contributed by atoms with Gasteiger partial charge in [-0.1, -0.05) is 17.7 Å². The molecular formula is C24H35NO4. The van der Waals surface area contributed by atoms with Crippen LogP contribution in [0.15, 0.2) is 12.1 Å². The van der Waals surface area contributed by atoms with Crippen molar-refractivity contribution >= 4 is 12.1 Å². The lowest BCUT2D eigenvalue weighted by Crippen LogP contribution is -2.49. The van der Waals surface area contributed by atoms with Gasteiger partial charge in [0.2, 0.25) is 0 Å². The van der Waals surface area contributed by atoms with Crippen LogP contribution in [0.5, 0.6) is 0 Å². The largest absolute Gasteiger partial charge is 0.467 e. The standard InChI is InChI=1S/C24H35NO4/c1-14-10-15(2)21(16(3)11-14)18-9-8-17-12-20(22(26)28-7)25(19(17)13-18)23(27)29-24(4,5)6/h10-11,17-20H,8-9,12-13H2,1-7H3/t17-,18-,19-,20-/m0/s1. The van der Waals surface area contributed by atoms with Gasteiger partial charge in [-0.3, -0.25) is 4.90 Å². The molecule has 4 atom stereocenters. The van der Waals surface area contributed by atoms with Crippen molar-refractivity contribution in [1.82, 2.24) is 4.90 Å². The van der Waals surface area contributed by atoms with Gasteiger partial charge in [0.25, 0.3) is 0 Å². The highest BCUT2D eigenvalue weighted by atomic mass is 16.6. The average Bonchev–Trinajstić information content (AvgIpc) is 2.97. The van der Waals surface area contributed by atoms with Gasteiger partial charge in [0.15, 0.2) is 0 Å². The van der Waals surface area contributed by atoms with Gasteiger partial charge in [-0.05, 0) is 95.8 Å². The highest BCUT2D eigenvalue weighted by Crippen LogP contribution is 2.47. The van der Waals surface area contributed by atoms with E-state index in [2.05, 4.69) is 32.9 Å². The molecule has 0 N–H and O–H groups in total. The lowest BCUT2D eigenvalue weighted by atomic mass is 9.73. The number of esters is 1. The highest BCUT2D eigenvalue weighted by Gasteiger charge is 2.51. The summed E-state index contributed by atoms with van der Waals surface area (Å²) in [7, 11) is 1.39. The first-order valence-corrected chi connectivity index (χ1v) is 10.7. The Hall–Kier alpha value is -2.04. The van der Waals surface area contributed by atoms with Crippen LogP contribution in [0.3, 0.4) is 0 Å². The number of methoxy groups -OCH3 is 1. The van der Waals surface area contributed by atoms with E-state index in [-0.39, 0.29) is 12.0 Å². The Labute approximate surface area is 174 Å². The van der Waals surface area contributed by atoms with Crippen LogP contribution in [0.4, 0.5) is 4.79 Å². The number of likely N-dealkylation sites (tertiary alicyclic amines) is 1. The molecule has 1 aliphatic carbocycles. The number of carbonyl (C=O) groups excluding carboxylic acids is 2. The van der Waals surface area contributed by atoms with E-state index in [1.807, 2.05) is 20.8 Å². The van der Waals surface area contributed by atoms with Gasteiger partial charge in [-0.15, -0.1) is 0 Å². The first-order chi connectivity index (χ1) is 13.5. The Morgan fingerprint density at radius 1 is 1.03 bits per heavy atom. The molecule has 0 unspecified atom stereocenters. The molecule has 2 fully saturated rings. The van der Waals surface area contributed by atoms with E-state index in [4.69, 9.17) is 9.47 Å². The first kappa shape index (κ1) is 21.7. The number of nitrogens with zero attached hydrogens (tertiary/aromatic N) is 1. The summed E-state index contributed by atoms with van der Waals surface area (Å²) in [6.45, 7) is 12.1. The summed E-state index contributed by atoms with van der Waals surface area (Å²) in [5, 5.41) is 0. The van der Waals surface area contributed by atoms with E-state index >= 15 is 0 Å². The van der Waals surface area contributed by atoms with E-state index in [0.29, 0.717) is 18.3 Å². The Morgan fingerprint density at radius 3 is 2.21 bits per heavy atom. The van der Waals surface area contributed by atoms with Gasteiger partial charge < -0.3 is 9.47 Å². The van der Waals surface area contributed by atoms with Crippen molar-refractivity contribution in [2.24, 2.45) is 5.92 Å². The smallest absolute Gasteiger partial charge is 0.411 e. The minimum absolute atomic E-state index is 0.00723. The quantitative estimate of drug-likeness (QED) is 0.651. The molecule has 1 heterocycles. The van der Waals surface area contributed by atoms with Gasteiger partial charge in [-0.2, -0.15) is 0 Å². The number of carbonyl (C=O) groups is 2. The summed E-state index contributed by atoms with van der Waals surface area (Å²) < 4.78 is 10.7. The number of aryl methyl sites for hydroxylation is 3. The molecular weight excluding hydrogens is 366 g/mol. The van der Waals surface area contributed by atoms with E-state index in [1.54, 1.807) is 4.90 Å². The van der Waals surface area contributed by atoms with Crippen molar-refractivity contribution in [2.75, 3.05) is 7.11 Å². The number of fused-ring (bicyclic) bond motifs is 1. The summed E-state index contributed by atoms with van der Waals surface area (Å²) in [5.41, 5.74) is 4.71. The Kier molecular flexibility index (Phi) is 5.98. The van der Waals surface area contributed by atoms with E-state index in [9.17, 15) is 9.59 Å². The van der Waals surface area contributed by atoms with E-state index < -0.39 is 17.7 Å². The van der Waals surface area contributed by atoms with Crippen LogP contribution in [-0.2, 0) is 14.3 Å². The summed E-state index contributed by atoms with van der Waals surface area (Å²) >= 11 is 0. The Balaban J connectivity index is 1.91. The summed E-state index contributed by atoms with van der Waals surface area (Å²) in [6.07, 6.45) is 3.21. The van der Waals surface area contributed by atoms with Crippen LogP contribution in [0.2, 0.25) is 0 Å². The molecule has 1 aromatic rings. The fraction of sp³-hybridized carbons (Fsp3) is 0.667. The normalized spacial score (nSPS) is 26.8. The van der Waals surface area contributed by atoms with E-state index in [0.717, 1.165) is 19.3 Å². The highest BCUT2D eigenvalue weighted by molar-refractivity contribution is 5.82. The molecule has 5 nitrogen and oxygen atoms in total. The molecule has 0 spiro atoms. The summed E-state index contributed by atoms with van der Waals surface area (Å²) in [5.74, 6) is 0.358. The second kappa shape index (κ2) is 8.00. The van der Waals surface area contributed by atoms with Gasteiger partial charge >= 0.3 is 12.1 Å². The van der Waals surface area contributed by atoms with Crippen LogP contribution in [0, 0.1) is 26.7 Å². The Bertz CT molecular complexity index is 772. The maximum absolute atomic E-state index is 13.1. The monoisotopic (exact) mass is 401 g/mol. The SMILES string of the molecule is COC(=O)[C@@H]1C[C@@H]2CC[C@H](c3c(C)cc(C)cc3C)C[C@@H]2N1C(=O)OC(C)(C)C. The van der Waals surface area contributed by atoms with Crippen LogP contribution >= 0.6 is 0 Å². The third kappa shape index (κ3) is 4.44. The third-order valence-electron chi connectivity index (χ3n) is 6.40. The number of ether oxygens (including phenoxy) is 2. The van der Waals surface area contributed by atoms with E-state index in [1.165, 1.54) is 29.4 Å². The number of benzene rings is 1. The molecule has 3 rings (SSSR count). The molecule has 160 valence electrons. The number of hydrogen-bond acceptors (Lipinski definition) is 4. The van der Waals surface area contributed by atoms with Crippen LogP contribution < -0.4 is 0 Å². The third-order valence-corrected chi connectivity index (χ3v) is 6.40. The minimum Gasteiger partial charge on any atom is -0.467 e. The second-order valence-electron chi connectivity index (χ2n) is 9.81.